The predicted octanol–water partition coefficient (Wildman–Crippen LogP) is 2.94. The molecule has 0 radical (unpaired) electrons. The van der Waals surface area contributed by atoms with Crippen molar-refractivity contribution >= 4 is 11.3 Å². The van der Waals surface area contributed by atoms with E-state index < -0.39 is 0 Å². The Morgan fingerprint density at radius 2 is 2.32 bits per heavy atom. The first kappa shape index (κ1) is 12.8. The van der Waals surface area contributed by atoms with Crippen LogP contribution < -0.4 is 5.32 Å². The lowest BCUT2D eigenvalue weighted by atomic mass is 10.2. The van der Waals surface area contributed by atoms with Gasteiger partial charge in [-0.25, -0.2) is 4.98 Å². The summed E-state index contributed by atoms with van der Waals surface area (Å²) >= 11 is 1.85. The number of hydrogen-bond donors (Lipinski definition) is 1. The molecule has 2 heterocycles. The zero-order valence-corrected chi connectivity index (χ0v) is 12.0. The number of nitrogens with zero attached hydrogens (tertiary/aromatic N) is 2. The molecule has 1 N–H and O–H groups in total. The van der Waals surface area contributed by atoms with E-state index in [1.165, 1.54) is 34.0 Å². The van der Waals surface area contributed by atoms with Crippen LogP contribution in [0.15, 0.2) is 24.5 Å². The average Bonchev–Trinajstić information content (AvgIpc) is 3.19. The third-order valence-electron chi connectivity index (χ3n) is 3.36. The maximum Gasteiger partial charge on any atom is 0.0976 e. The van der Waals surface area contributed by atoms with Gasteiger partial charge >= 0.3 is 0 Å². The van der Waals surface area contributed by atoms with E-state index >= 15 is 0 Å². The Morgan fingerprint density at radius 3 is 3.00 bits per heavy atom. The molecule has 0 aliphatic heterocycles. The van der Waals surface area contributed by atoms with E-state index in [0.717, 1.165) is 25.4 Å². The van der Waals surface area contributed by atoms with Gasteiger partial charge in [0.1, 0.15) is 0 Å². The van der Waals surface area contributed by atoms with Crippen LogP contribution in [0.4, 0.5) is 0 Å². The second-order valence-electron chi connectivity index (χ2n) is 5.02. The molecule has 3 rings (SSSR count). The fourth-order valence-corrected chi connectivity index (χ4v) is 3.27. The zero-order valence-electron chi connectivity index (χ0n) is 11.2. The highest BCUT2D eigenvalue weighted by Crippen LogP contribution is 2.24. The summed E-state index contributed by atoms with van der Waals surface area (Å²) in [5, 5.41) is 4.79. The van der Waals surface area contributed by atoms with Crippen molar-refractivity contribution < 1.29 is 0 Å². The number of thiazole rings is 1. The Bertz CT molecular complexity index is 532. The van der Waals surface area contributed by atoms with Gasteiger partial charge in [0, 0.05) is 36.3 Å². The van der Waals surface area contributed by atoms with Gasteiger partial charge in [-0.15, -0.1) is 11.3 Å². The quantitative estimate of drug-likeness (QED) is 0.879. The molecule has 2 aromatic heterocycles. The molecular weight excluding hydrogens is 254 g/mol. The van der Waals surface area contributed by atoms with E-state index in [0.29, 0.717) is 0 Å². The van der Waals surface area contributed by atoms with Crippen LogP contribution in [0.1, 0.15) is 40.9 Å². The summed E-state index contributed by atoms with van der Waals surface area (Å²) in [4.78, 5) is 10.3. The molecule has 0 spiro atoms. The highest BCUT2D eigenvalue weighted by molar-refractivity contribution is 7.11. The van der Waals surface area contributed by atoms with Gasteiger partial charge in [0.15, 0.2) is 0 Å². The van der Waals surface area contributed by atoms with Crippen molar-refractivity contribution in [3.8, 4) is 0 Å². The van der Waals surface area contributed by atoms with Crippen molar-refractivity contribution in [1.82, 2.24) is 15.3 Å². The standard InChI is InChI=1S/C15H19N3S/c1-2-13-14(10-17-12-5-6-12)19-15(18-13)8-11-4-3-7-16-9-11/h3-4,7,9,12,17H,2,5-6,8,10H2,1H3. The first-order valence-electron chi connectivity index (χ1n) is 6.95. The summed E-state index contributed by atoms with van der Waals surface area (Å²) in [6, 6.07) is 4.86. The van der Waals surface area contributed by atoms with Gasteiger partial charge < -0.3 is 5.32 Å². The van der Waals surface area contributed by atoms with Gasteiger partial charge in [-0.1, -0.05) is 13.0 Å². The first-order valence-corrected chi connectivity index (χ1v) is 7.76. The van der Waals surface area contributed by atoms with E-state index in [1.54, 1.807) is 0 Å². The fourth-order valence-electron chi connectivity index (χ4n) is 2.13. The van der Waals surface area contributed by atoms with Crippen molar-refractivity contribution in [2.24, 2.45) is 0 Å². The van der Waals surface area contributed by atoms with Gasteiger partial charge in [-0.2, -0.15) is 0 Å². The molecule has 1 fully saturated rings. The third kappa shape index (κ3) is 3.39. The summed E-state index contributed by atoms with van der Waals surface area (Å²) in [6.07, 6.45) is 8.33. The second-order valence-corrected chi connectivity index (χ2v) is 6.19. The summed E-state index contributed by atoms with van der Waals surface area (Å²) < 4.78 is 0. The van der Waals surface area contributed by atoms with Crippen LogP contribution in [0.3, 0.4) is 0 Å². The van der Waals surface area contributed by atoms with E-state index in [9.17, 15) is 0 Å². The third-order valence-corrected chi connectivity index (χ3v) is 4.46. The number of nitrogens with one attached hydrogen (secondary N) is 1. The molecule has 1 saturated carbocycles. The lowest BCUT2D eigenvalue weighted by molar-refractivity contribution is 0.689. The second kappa shape index (κ2) is 5.80. The highest BCUT2D eigenvalue weighted by Gasteiger charge is 2.21. The molecule has 2 aromatic rings. The van der Waals surface area contributed by atoms with Gasteiger partial charge in [0.2, 0.25) is 0 Å². The molecule has 4 heteroatoms. The van der Waals surface area contributed by atoms with E-state index in [2.05, 4.69) is 23.3 Å². The van der Waals surface area contributed by atoms with Crippen LogP contribution in [0, 0.1) is 0 Å². The minimum absolute atomic E-state index is 0.758. The van der Waals surface area contributed by atoms with Crippen molar-refractivity contribution in [2.45, 2.75) is 45.2 Å². The SMILES string of the molecule is CCc1nc(Cc2cccnc2)sc1CNC1CC1. The molecule has 100 valence electrons. The summed E-state index contributed by atoms with van der Waals surface area (Å²) in [5.41, 5.74) is 2.50. The largest absolute Gasteiger partial charge is 0.309 e. The summed E-state index contributed by atoms with van der Waals surface area (Å²) in [6.45, 7) is 3.17. The van der Waals surface area contributed by atoms with Crippen LogP contribution in [-0.4, -0.2) is 16.0 Å². The molecule has 1 aliphatic carbocycles. The van der Waals surface area contributed by atoms with Crippen LogP contribution in [-0.2, 0) is 19.4 Å². The minimum atomic E-state index is 0.758. The van der Waals surface area contributed by atoms with Gasteiger partial charge in [0.25, 0.3) is 0 Å². The molecule has 1 aliphatic rings. The van der Waals surface area contributed by atoms with Crippen molar-refractivity contribution in [3.05, 3.63) is 45.7 Å². The Morgan fingerprint density at radius 1 is 1.42 bits per heavy atom. The zero-order chi connectivity index (χ0) is 13.1. The van der Waals surface area contributed by atoms with E-state index in [1.807, 2.05) is 29.8 Å². The molecule has 0 atom stereocenters. The fraction of sp³-hybridized carbons (Fsp3) is 0.467. The topological polar surface area (TPSA) is 37.8 Å². The average molecular weight is 273 g/mol. The van der Waals surface area contributed by atoms with Crippen LogP contribution in [0.25, 0.3) is 0 Å². The monoisotopic (exact) mass is 273 g/mol. The maximum atomic E-state index is 4.77. The molecule has 0 unspecified atom stereocenters. The van der Waals surface area contributed by atoms with Crippen molar-refractivity contribution in [3.63, 3.8) is 0 Å². The number of aryl methyl sites for hydroxylation is 1. The van der Waals surface area contributed by atoms with Crippen LogP contribution >= 0.6 is 11.3 Å². The van der Waals surface area contributed by atoms with Crippen LogP contribution in [0.5, 0.6) is 0 Å². The summed E-state index contributed by atoms with van der Waals surface area (Å²) in [7, 11) is 0. The molecule has 3 nitrogen and oxygen atoms in total. The molecule has 0 bridgehead atoms. The van der Waals surface area contributed by atoms with E-state index in [4.69, 9.17) is 4.98 Å². The number of aromatic nitrogens is 2. The Labute approximate surface area is 118 Å². The molecule has 0 saturated heterocycles. The molecule has 19 heavy (non-hydrogen) atoms. The van der Waals surface area contributed by atoms with Crippen LogP contribution in [0.2, 0.25) is 0 Å². The van der Waals surface area contributed by atoms with Gasteiger partial charge in [-0.05, 0) is 30.9 Å². The lowest BCUT2D eigenvalue weighted by Gasteiger charge is -2.00. The highest BCUT2D eigenvalue weighted by atomic mass is 32.1. The number of rotatable bonds is 6. The molecular formula is C15H19N3S. The van der Waals surface area contributed by atoms with Crippen molar-refractivity contribution in [2.75, 3.05) is 0 Å². The normalized spacial score (nSPS) is 14.8. The summed E-state index contributed by atoms with van der Waals surface area (Å²) in [5.74, 6) is 0. The number of pyridine rings is 1. The predicted molar refractivity (Wildman–Crippen MR) is 78.4 cm³/mol. The Balaban J connectivity index is 1.70. The maximum absolute atomic E-state index is 4.77. The Kier molecular flexibility index (Phi) is 3.89. The molecule has 0 aromatic carbocycles. The van der Waals surface area contributed by atoms with Gasteiger partial charge in [0.05, 0.1) is 10.7 Å². The van der Waals surface area contributed by atoms with Gasteiger partial charge in [-0.3, -0.25) is 4.98 Å². The first-order chi connectivity index (χ1) is 9.35. The van der Waals surface area contributed by atoms with E-state index in [-0.39, 0.29) is 0 Å². The Hall–Kier alpha value is -1.26. The lowest BCUT2D eigenvalue weighted by Crippen LogP contribution is -2.15. The minimum Gasteiger partial charge on any atom is -0.309 e. The smallest absolute Gasteiger partial charge is 0.0976 e. The van der Waals surface area contributed by atoms with Crippen molar-refractivity contribution in [1.29, 1.82) is 0 Å². The number of hydrogen-bond acceptors (Lipinski definition) is 4. The molecule has 0 amide bonds.